The first kappa shape index (κ1) is 19.7. The molecule has 0 spiro atoms. The molecule has 1 aliphatic rings. The van der Waals surface area contributed by atoms with Crippen molar-refractivity contribution in [1.29, 1.82) is 0 Å². The van der Waals surface area contributed by atoms with Crippen LogP contribution in [0.25, 0.3) is 0 Å². The van der Waals surface area contributed by atoms with Crippen molar-refractivity contribution in [2.24, 2.45) is 0 Å². The molecule has 0 bridgehead atoms. The lowest BCUT2D eigenvalue weighted by Gasteiger charge is -2.34. The van der Waals surface area contributed by atoms with E-state index < -0.39 is 0 Å². The summed E-state index contributed by atoms with van der Waals surface area (Å²) in [6.07, 6.45) is 0. The molecule has 3 rings (SSSR count). The summed E-state index contributed by atoms with van der Waals surface area (Å²) in [6, 6.07) is 15.5. The van der Waals surface area contributed by atoms with Crippen molar-refractivity contribution >= 4 is 23.2 Å². The predicted molar refractivity (Wildman–Crippen MR) is 109 cm³/mol. The van der Waals surface area contributed by atoms with Crippen molar-refractivity contribution < 1.29 is 9.53 Å². The molecule has 0 saturated carbocycles. The van der Waals surface area contributed by atoms with E-state index in [4.69, 9.17) is 16.3 Å². The first-order chi connectivity index (χ1) is 13.1. The van der Waals surface area contributed by atoms with Gasteiger partial charge >= 0.3 is 0 Å². The van der Waals surface area contributed by atoms with E-state index in [-0.39, 0.29) is 5.91 Å². The van der Waals surface area contributed by atoms with E-state index >= 15 is 0 Å². The molecule has 0 aromatic heterocycles. The Kier molecular flexibility index (Phi) is 7.10. The van der Waals surface area contributed by atoms with Gasteiger partial charge in [0.25, 0.3) is 0 Å². The first-order valence-corrected chi connectivity index (χ1v) is 9.72. The number of carbonyl (C=O) groups excluding carboxylic acids is 1. The molecule has 2 aromatic carbocycles. The fraction of sp³-hybridized carbons (Fsp3) is 0.381. The molecule has 5 nitrogen and oxygen atoms in total. The topological polar surface area (TPSA) is 44.8 Å². The lowest BCUT2D eigenvalue weighted by atomic mass is 10.2. The van der Waals surface area contributed by atoms with Crippen molar-refractivity contribution in [2.75, 3.05) is 44.6 Å². The minimum absolute atomic E-state index is 0.0188. The van der Waals surface area contributed by atoms with Crippen LogP contribution in [0.1, 0.15) is 12.5 Å². The standard InChI is InChI=1S/C21H26ClN3O2/c1-2-27-20-9-7-19(8-10-20)23-21(26)16-25-13-11-24(12-14-25)15-17-3-5-18(22)6-4-17/h3-10H,2,11-16H2,1H3,(H,23,26). The highest BCUT2D eigenvalue weighted by Gasteiger charge is 2.19. The van der Waals surface area contributed by atoms with Crippen LogP contribution >= 0.6 is 11.6 Å². The van der Waals surface area contributed by atoms with E-state index in [1.165, 1.54) is 5.56 Å². The summed E-state index contributed by atoms with van der Waals surface area (Å²) in [5.41, 5.74) is 2.06. The highest BCUT2D eigenvalue weighted by Crippen LogP contribution is 2.16. The van der Waals surface area contributed by atoms with Crippen LogP contribution in [-0.4, -0.2) is 55.0 Å². The smallest absolute Gasteiger partial charge is 0.238 e. The lowest BCUT2D eigenvalue weighted by molar-refractivity contribution is -0.117. The van der Waals surface area contributed by atoms with Gasteiger partial charge in [-0.2, -0.15) is 0 Å². The number of carbonyl (C=O) groups is 1. The number of benzene rings is 2. The van der Waals surface area contributed by atoms with Crippen LogP contribution in [0.4, 0.5) is 5.69 Å². The number of nitrogens with one attached hydrogen (secondary N) is 1. The molecule has 2 aromatic rings. The molecular weight excluding hydrogens is 362 g/mol. The second-order valence-corrected chi connectivity index (χ2v) is 7.12. The molecule has 0 atom stereocenters. The Balaban J connectivity index is 1.40. The fourth-order valence-corrected chi connectivity index (χ4v) is 3.28. The Morgan fingerprint density at radius 1 is 1.00 bits per heavy atom. The number of anilines is 1. The van der Waals surface area contributed by atoms with Gasteiger partial charge in [-0.25, -0.2) is 0 Å². The summed E-state index contributed by atoms with van der Waals surface area (Å²) in [5, 5.41) is 3.72. The Morgan fingerprint density at radius 3 is 2.26 bits per heavy atom. The van der Waals surface area contributed by atoms with E-state index in [1.807, 2.05) is 43.3 Å². The monoisotopic (exact) mass is 387 g/mol. The van der Waals surface area contributed by atoms with Crippen molar-refractivity contribution in [3.63, 3.8) is 0 Å². The first-order valence-electron chi connectivity index (χ1n) is 9.34. The maximum atomic E-state index is 12.3. The average Bonchev–Trinajstić information content (AvgIpc) is 2.67. The molecule has 1 saturated heterocycles. The Labute approximate surface area is 165 Å². The van der Waals surface area contributed by atoms with Gasteiger partial charge in [0, 0.05) is 43.4 Å². The van der Waals surface area contributed by atoms with Crippen molar-refractivity contribution in [1.82, 2.24) is 9.80 Å². The number of piperazine rings is 1. The zero-order chi connectivity index (χ0) is 19.1. The van der Waals surface area contributed by atoms with E-state index in [1.54, 1.807) is 0 Å². The van der Waals surface area contributed by atoms with Crippen LogP contribution in [0.3, 0.4) is 0 Å². The van der Waals surface area contributed by atoms with E-state index in [9.17, 15) is 4.79 Å². The maximum absolute atomic E-state index is 12.3. The normalized spacial score (nSPS) is 15.5. The zero-order valence-corrected chi connectivity index (χ0v) is 16.4. The summed E-state index contributed by atoms with van der Waals surface area (Å²) >= 11 is 5.94. The van der Waals surface area contributed by atoms with E-state index in [2.05, 4.69) is 27.2 Å². The molecule has 0 unspecified atom stereocenters. The van der Waals surface area contributed by atoms with Crippen LogP contribution in [0, 0.1) is 0 Å². The highest BCUT2D eigenvalue weighted by molar-refractivity contribution is 6.30. The van der Waals surface area contributed by atoms with Crippen LogP contribution in [0.15, 0.2) is 48.5 Å². The summed E-state index contributed by atoms with van der Waals surface area (Å²) < 4.78 is 5.41. The van der Waals surface area contributed by atoms with Crippen LogP contribution < -0.4 is 10.1 Å². The average molecular weight is 388 g/mol. The largest absolute Gasteiger partial charge is 0.494 e. The van der Waals surface area contributed by atoms with Gasteiger partial charge in [0.2, 0.25) is 5.91 Å². The van der Waals surface area contributed by atoms with Crippen molar-refractivity contribution in [3.8, 4) is 5.75 Å². The van der Waals surface area contributed by atoms with Gasteiger partial charge in [0.05, 0.1) is 13.2 Å². The predicted octanol–water partition coefficient (Wildman–Crippen LogP) is 3.50. The quantitative estimate of drug-likeness (QED) is 0.789. The Hall–Kier alpha value is -2.08. The summed E-state index contributed by atoms with van der Waals surface area (Å²) in [6.45, 7) is 7.62. The number of hydrogen-bond donors (Lipinski definition) is 1. The summed E-state index contributed by atoms with van der Waals surface area (Å²) in [5.74, 6) is 0.831. The van der Waals surface area contributed by atoms with Crippen molar-refractivity contribution in [2.45, 2.75) is 13.5 Å². The minimum Gasteiger partial charge on any atom is -0.494 e. The highest BCUT2D eigenvalue weighted by atomic mass is 35.5. The molecule has 1 N–H and O–H groups in total. The third kappa shape index (κ3) is 6.24. The number of ether oxygens (including phenoxy) is 1. The third-order valence-electron chi connectivity index (χ3n) is 4.60. The molecule has 144 valence electrons. The molecule has 1 heterocycles. The van der Waals surface area contributed by atoms with Crippen molar-refractivity contribution in [3.05, 3.63) is 59.1 Å². The fourth-order valence-electron chi connectivity index (χ4n) is 3.16. The number of hydrogen-bond acceptors (Lipinski definition) is 4. The number of amides is 1. The van der Waals surface area contributed by atoms with Gasteiger partial charge in [-0.05, 0) is 48.9 Å². The number of halogens is 1. The molecule has 1 amide bonds. The molecule has 1 aliphatic heterocycles. The summed E-state index contributed by atoms with van der Waals surface area (Å²) in [7, 11) is 0. The minimum atomic E-state index is 0.0188. The van der Waals surface area contributed by atoms with E-state index in [0.29, 0.717) is 13.2 Å². The molecular formula is C21H26ClN3O2. The second-order valence-electron chi connectivity index (χ2n) is 6.68. The molecule has 0 radical (unpaired) electrons. The Morgan fingerprint density at radius 2 is 1.63 bits per heavy atom. The second kappa shape index (κ2) is 9.74. The van der Waals surface area contributed by atoms with Gasteiger partial charge in [-0.3, -0.25) is 14.6 Å². The van der Waals surface area contributed by atoms with Gasteiger partial charge in [0.15, 0.2) is 0 Å². The van der Waals surface area contributed by atoms with Gasteiger partial charge in [-0.15, -0.1) is 0 Å². The maximum Gasteiger partial charge on any atom is 0.238 e. The zero-order valence-electron chi connectivity index (χ0n) is 15.7. The lowest BCUT2D eigenvalue weighted by Crippen LogP contribution is -2.48. The third-order valence-corrected chi connectivity index (χ3v) is 4.85. The van der Waals surface area contributed by atoms with Crippen LogP contribution in [0.5, 0.6) is 5.75 Å². The summed E-state index contributed by atoms with van der Waals surface area (Å²) in [4.78, 5) is 16.9. The number of rotatable bonds is 7. The molecule has 27 heavy (non-hydrogen) atoms. The van der Waals surface area contributed by atoms with E-state index in [0.717, 1.165) is 49.2 Å². The molecule has 6 heteroatoms. The Bertz CT molecular complexity index is 726. The van der Waals surface area contributed by atoms with Gasteiger partial charge in [0.1, 0.15) is 5.75 Å². The van der Waals surface area contributed by atoms with Gasteiger partial charge < -0.3 is 10.1 Å². The van der Waals surface area contributed by atoms with Crippen LogP contribution in [-0.2, 0) is 11.3 Å². The molecule has 1 fully saturated rings. The van der Waals surface area contributed by atoms with Gasteiger partial charge in [-0.1, -0.05) is 23.7 Å². The number of nitrogens with zero attached hydrogens (tertiary/aromatic N) is 2. The SMILES string of the molecule is CCOc1ccc(NC(=O)CN2CCN(Cc3ccc(Cl)cc3)CC2)cc1. The molecule has 0 aliphatic carbocycles. The van der Waals surface area contributed by atoms with Crippen LogP contribution in [0.2, 0.25) is 5.02 Å².